The van der Waals surface area contributed by atoms with E-state index in [4.69, 9.17) is 0 Å². The Bertz CT molecular complexity index is 653. The molecule has 1 aromatic rings. The molecule has 1 aromatic heterocycles. The highest BCUT2D eigenvalue weighted by molar-refractivity contribution is 4.93. The monoisotopic (exact) mass is 601 g/mol. The second-order valence-corrected chi connectivity index (χ2v) is 14.5. The number of nitrogens with zero attached hydrogens (tertiary/aromatic N) is 2. The van der Waals surface area contributed by atoms with Gasteiger partial charge in [-0.1, -0.05) is 207 Å². The molecule has 1 rings (SSSR count). The predicted molar refractivity (Wildman–Crippen MR) is 194 cm³/mol. The first kappa shape index (κ1) is 40.2. The number of aromatic nitrogens is 2. The Morgan fingerprint density at radius 3 is 1.02 bits per heavy atom. The molecule has 0 bridgehead atoms. The average Bonchev–Trinajstić information content (AvgIpc) is 3.57. The first-order valence-corrected chi connectivity index (χ1v) is 20.2. The van der Waals surface area contributed by atoms with Gasteiger partial charge in [0.05, 0.1) is 6.33 Å². The Labute approximate surface area is 272 Å². The zero-order valence-electron chi connectivity index (χ0n) is 30.3. The van der Waals surface area contributed by atoms with Crippen molar-refractivity contribution in [2.24, 2.45) is 5.92 Å². The summed E-state index contributed by atoms with van der Waals surface area (Å²) in [7, 11) is 0. The number of hydrogen-bond acceptors (Lipinski definition) is 1. The lowest BCUT2D eigenvalue weighted by Crippen LogP contribution is -2.37. The molecule has 0 spiro atoms. The van der Waals surface area contributed by atoms with Gasteiger partial charge in [-0.25, -0.2) is 4.98 Å². The Kier molecular flexibility index (Phi) is 28.0. The van der Waals surface area contributed by atoms with Crippen LogP contribution in [0.3, 0.4) is 0 Å². The van der Waals surface area contributed by atoms with Crippen molar-refractivity contribution in [2.75, 3.05) is 0 Å². The molecule has 2 nitrogen and oxygen atoms in total. The van der Waals surface area contributed by atoms with E-state index < -0.39 is 0 Å². The third kappa shape index (κ3) is 21.6. The van der Waals surface area contributed by atoms with E-state index in [1.165, 1.54) is 205 Å². The van der Waals surface area contributed by atoms with Crippen molar-refractivity contribution in [3.8, 4) is 0 Å². The van der Waals surface area contributed by atoms with E-state index in [0.29, 0.717) is 0 Å². The van der Waals surface area contributed by atoms with E-state index in [1.807, 2.05) is 6.20 Å². The van der Waals surface area contributed by atoms with Crippen LogP contribution in [0.25, 0.3) is 0 Å². The van der Waals surface area contributed by atoms with Gasteiger partial charge in [-0.2, -0.15) is 0 Å². The molecule has 0 aliphatic rings. The first-order valence-electron chi connectivity index (χ1n) is 20.2. The van der Waals surface area contributed by atoms with Gasteiger partial charge in [-0.15, -0.1) is 0 Å². The summed E-state index contributed by atoms with van der Waals surface area (Å²) in [5.74, 6) is 0.769. The van der Waals surface area contributed by atoms with Crippen LogP contribution in [0, 0.1) is 5.92 Å². The molecule has 1 heterocycles. The zero-order valence-corrected chi connectivity index (χ0v) is 30.3. The number of hydrogen-bond donors (Lipinski definition) is 0. The van der Waals surface area contributed by atoms with Crippen LogP contribution in [0.4, 0.5) is 0 Å². The molecule has 2 unspecified atom stereocenters. The summed E-state index contributed by atoms with van der Waals surface area (Å²) < 4.78 is 2.44. The average molecular weight is 601 g/mol. The number of unbranched alkanes of at least 4 members (excludes halogenated alkanes) is 27. The summed E-state index contributed by atoms with van der Waals surface area (Å²) in [4.78, 5) is 4.43. The van der Waals surface area contributed by atoms with Gasteiger partial charge in [-0.05, 0) is 32.1 Å². The highest BCUT2D eigenvalue weighted by Crippen LogP contribution is 2.37. The summed E-state index contributed by atoms with van der Waals surface area (Å²) in [6, 6.07) is 0. The van der Waals surface area contributed by atoms with Crippen LogP contribution in [0.15, 0.2) is 18.7 Å². The third-order valence-electron chi connectivity index (χ3n) is 10.8. The Morgan fingerprint density at radius 1 is 0.465 bits per heavy atom. The molecular formula is C41H80N2. The molecular weight excluding hydrogens is 520 g/mol. The van der Waals surface area contributed by atoms with Gasteiger partial charge in [-0.3, -0.25) is 0 Å². The van der Waals surface area contributed by atoms with E-state index >= 15 is 0 Å². The molecule has 0 aromatic carbocycles. The predicted octanol–water partition coefficient (Wildman–Crippen LogP) is 14.8. The van der Waals surface area contributed by atoms with Crippen LogP contribution >= 0.6 is 0 Å². The Hall–Kier alpha value is -0.790. The molecule has 0 saturated carbocycles. The molecule has 0 N–H and O–H groups in total. The Balaban J connectivity index is 2.16. The lowest BCUT2D eigenvalue weighted by atomic mass is 9.76. The van der Waals surface area contributed by atoms with E-state index in [1.54, 1.807) is 0 Å². The molecule has 0 fully saturated rings. The molecule has 0 aliphatic carbocycles. The summed E-state index contributed by atoms with van der Waals surface area (Å²) in [5.41, 5.74) is 0.211. The maximum atomic E-state index is 4.43. The summed E-state index contributed by atoms with van der Waals surface area (Å²) in [5, 5.41) is 0. The minimum absolute atomic E-state index is 0.211. The quantitative estimate of drug-likeness (QED) is 0.0719. The van der Waals surface area contributed by atoms with Crippen LogP contribution in [0.1, 0.15) is 233 Å². The number of imidazole rings is 1. The minimum atomic E-state index is 0.211. The van der Waals surface area contributed by atoms with Crippen molar-refractivity contribution < 1.29 is 0 Å². The minimum Gasteiger partial charge on any atom is -0.331 e. The van der Waals surface area contributed by atoms with Crippen molar-refractivity contribution in [2.45, 2.75) is 239 Å². The SMILES string of the molecule is CCCCCCCCCCCCCCCCCCC(CCCCCCCCCCCCCCC)C(C)(CC)n1ccnc1. The van der Waals surface area contributed by atoms with Gasteiger partial charge in [0, 0.05) is 17.9 Å². The molecule has 2 heteroatoms. The third-order valence-corrected chi connectivity index (χ3v) is 10.8. The van der Waals surface area contributed by atoms with Gasteiger partial charge in [0.2, 0.25) is 0 Å². The van der Waals surface area contributed by atoms with Crippen molar-refractivity contribution >= 4 is 0 Å². The fourth-order valence-corrected chi connectivity index (χ4v) is 7.36. The number of rotatable bonds is 34. The second kappa shape index (κ2) is 29.9. The van der Waals surface area contributed by atoms with Crippen molar-refractivity contribution in [3.63, 3.8) is 0 Å². The fourth-order valence-electron chi connectivity index (χ4n) is 7.36. The van der Waals surface area contributed by atoms with E-state index in [-0.39, 0.29) is 5.54 Å². The molecule has 0 radical (unpaired) electrons. The van der Waals surface area contributed by atoms with Crippen LogP contribution in [0.2, 0.25) is 0 Å². The molecule has 43 heavy (non-hydrogen) atoms. The first-order chi connectivity index (χ1) is 21.2. The van der Waals surface area contributed by atoms with Gasteiger partial charge in [0.1, 0.15) is 0 Å². The van der Waals surface area contributed by atoms with Crippen LogP contribution in [-0.4, -0.2) is 9.55 Å². The van der Waals surface area contributed by atoms with Crippen LogP contribution < -0.4 is 0 Å². The fraction of sp³-hybridized carbons (Fsp3) is 0.927. The van der Waals surface area contributed by atoms with Gasteiger partial charge in [0.15, 0.2) is 0 Å². The van der Waals surface area contributed by atoms with Gasteiger partial charge in [0.25, 0.3) is 0 Å². The standard InChI is InChI=1S/C41H80N2/c1-5-8-10-12-14-16-18-20-21-22-24-26-28-30-32-34-36-40(41(4,7-3)43-38-37-42-39-43)35-33-31-29-27-25-23-19-17-15-13-11-9-6-2/h37-40H,5-36H2,1-4H3. The maximum absolute atomic E-state index is 4.43. The molecule has 0 amide bonds. The lowest BCUT2D eigenvalue weighted by molar-refractivity contribution is 0.153. The summed E-state index contributed by atoms with van der Waals surface area (Å²) in [6.45, 7) is 9.52. The highest BCUT2D eigenvalue weighted by atomic mass is 15.1. The van der Waals surface area contributed by atoms with Gasteiger partial charge >= 0.3 is 0 Å². The van der Waals surface area contributed by atoms with Crippen molar-refractivity contribution in [1.29, 1.82) is 0 Å². The summed E-state index contributed by atoms with van der Waals surface area (Å²) >= 11 is 0. The Morgan fingerprint density at radius 2 is 0.767 bits per heavy atom. The molecule has 254 valence electrons. The maximum Gasteiger partial charge on any atom is 0.0951 e. The van der Waals surface area contributed by atoms with Crippen LogP contribution in [-0.2, 0) is 5.54 Å². The molecule has 2 atom stereocenters. The van der Waals surface area contributed by atoms with Crippen molar-refractivity contribution in [1.82, 2.24) is 9.55 Å². The molecule has 0 aliphatic heterocycles. The van der Waals surface area contributed by atoms with Crippen LogP contribution in [0.5, 0.6) is 0 Å². The van der Waals surface area contributed by atoms with Gasteiger partial charge < -0.3 is 4.57 Å². The van der Waals surface area contributed by atoms with E-state index in [2.05, 4.69) is 49.8 Å². The topological polar surface area (TPSA) is 17.8 Å². The van der Waals surface area contributed by atoms with Crippen molar-refractivity contribution in [3.05, 3.63) is 18.7 Å². The lowest BCUT2D eigenvalue weighted by Gasteiger charge is -2.39. The van der Waals surface area contributed by atoms with E-state index in [0.717, 1.165) is 5.92 Å². The normalized spacial score (nSPS) is 13.9. The smallest absolute Gasteiger partial charge is 0.0951 e. The second-order valence-electron chi connectivity index (χ2n) is 14.5. The molecule has 0 saturated heterocycles. The highest BCUT2D eigenvalue weighted by Gasteiger charge is 2.33. The summed E-state index contributed by atoms with van der Waals surface area (Å²) in [6.07, 6.45) is 52.2. The zero-order chi connectivity index (χ0) is 31.1. The van der Waals surface area contributed by atoms with E-state index in [9.17, 15) is 0 Å². The largest absolute Gasteiger partial charge is 0.331 e.